The lowest BCUT2D eigenvalue weighted by molar-refractivity contribution is -0.150. The molecule has 0 unspecified atom stereocenters. The molecule has 0 aliphatic carbocycles. The van der Waals surface area contributed by atoms with Crippen molar-refractivity contribution in [3.8, 4) is 5.75 Å². The zero-order chi connectivity index (χ0) is 17.2. The first-order valence-electron chi connectivity index (χ1n) is 6.70. The zero-order valence-electron chi connectivity index (χ0n) is 12.3. The highest BCUT2D eigenvalue weighted by Crippen LogP contribution is 2.34. The second-order valence-electron chi connectivity index (χ2n) is 4.65. The number of alkyl halides is 3. The first-order valence-corrected chi connectivity index (χ1v) is 6.70. The molecular formula is C15H13F3O5. The minimum atomic E-state index is -4.69. The van der Waals surface area contributed by atoms with Crippen LogP contribution in [-0.2, 0) is 15.7 Å². The summed E-state index contributed by atoms with van der Waals surface area (Å²) in [5.41, 5.74) is -2.49. The number of esters is 1. The maximum absolute atomic E-state index is 12.9. The summed E-state index contributed by atoms with van der Waals surface area (Å²) in [5, 5.41) is -0.270. The van der Waals surface area contributed by atoms with Gasteiger partial charge in [-0.3, -0.25) is 0 Å². The second-order valence-corrected chi connectivity index (χ2v) is 4.65. The summed E-state index contributed by atoms with van der Waals surface area (Å²) < 4.78 is 53.6. The van der Waals surface area contributed by atoms with Crippen LogP contribution in [0.2, 0.25) is 0 Å². The van der Waals surface area contributed by atoms with Crippen LogP contribution in [0.25, 0.3) is 11.0 Å². The average Bonchev–Trinajstić information content (AvgIpc) is 2.45. The lowest BCUT2D eigenvalue weighted by Crippen LogP contribution is -2.26. The SMILES string of the molecule is CCOC(=O)[C@@H](C)Oc1ccc2c(C(F)(F)F)cc(=O)oc2c1. The summed E-state index contributed by atoms with van der Waals surface area (Å²) in [6.45, 7) is 3.24. The van der Waals surface area contributed by atoms with Gasteiger partial charge >= 0.3 is 17.8 Å². The third kappa shape index (κ3) is 3.82. The zero-order valence-corrected chi connectivity index (χ0v) is 12.3. The predicted molar refractivity (Wildman–Crippen MR) is 74.2 cm³/mol. The maximum atomic E-state index is 12.9. The highest BCUT2D eigenvalue weighted by atomic mass is 19.4. The van der Waals surface area contributed by atoms with Crippen molar-refractivity contribution in [2.45, 2.75) is 26.1 Å². The van der Waals surface area contributed by atoms with Gasteiger partial charge in [0.2, 0.25) is 0 Å². The summed E-state index contributed by atoms with van der Waals surface area (Å²) in [4.78, 5) is 22.8. The van der Waals surface area contributed by atoms with Crippen LogP contribution in [0, 0.1) is 0 Å². The van der Waals surface area contributed by atoms with Crippen LogP contribution in [0.3, 0.4) is 0 Å². The summed E-state index contributed by atoms with van der Waals surface area (Å²) in [5.74, 6) is -0.529. The Labute approximate surface area is 128 Å². The van der Waals surface area contributed by atoms with E-state index in [1.165, 1.54) is 13.0 Å². The van der Waals surface area contributed by atoms with Gasteiger partial charge in [0.15, 0.2) is 6.10 Å². The van der Waals surface area contributed by atoms with Crippen LogP contribution in [0.5, 0.6) is 5.75 Å². The Morgan fingerprint density at radius 1 is 1.30 bits per heavy atom. The molecule has 23 heavy (non-hydrogen) atoms. The molecule has 1 aromatic carbocycles. The molecule has 8 heteroatoms. The van der Waals surface area contributed by atoms with E-state index in [1.807, 2.05) is 0 Å². The van der Waals surface area contributed by atoms with Crippen molar-refractivity contribution < 1.29 is 31.9 Å². The molecule has 0 fully saturated rings. The van der Waals surface area contributed by atoms with E-state index in [2.05, 4.69) is 0 Å². The summed E-state index contributed by atoms with van der Waals surface area (Å²) in [6, 6.07) is 3.90. The van der Waals surface area contributed by atoms with Gasteiger partial charge in [-0.1, -0.05) is 0 Å². The van der Waals surface area contributed by atoms with Gasteiger partial charge in [-0.15, -0.1) is 0 Å². The maximum Gasteiger partial charge on any atom is 0.417 e. The van der Waals surface area contributed by atoms with Gasteiger partial charge in [0.25, 0.3) is 0 Å². The molecule has 0 spiro atoms. The number of hydrogen-bond acceptors (Lipinski definition) is 5. The van der Waals surface area contributed by atoms with Crippen LogP contribution in [0.15, 0.2) is 33.5 Å². The third-order valence-electron chi connectivity index (χ3n) is 2.95. The molecule has 0 radical (unpaired) electrons. The molecule has 0 bridgehead atoms. The van der Waals surface area contributed by atoms with E-state index in [0.717, 1.165) is 12.1 Å². The van der Waals surface area contributed by atoms with Gasteiger partial charge in [0, 0.05) is 17.5 Å². The summed E-state index contributed by atoms with van der Waals surface area (Å²) in [6.07, 6.45) is -5.64. The predicted octanol–water partition coefficient (Wildman–Crippen LogP) is 3.14. The normalized spacial score (nSPS) is 12.9. The van der Waals surface area contributed by atoms with Crippen LogP contribution < -0.4 is 10.4 Å². The largest absolute Gasteiger partial charge is 0.479 e. The summed E-state index contributed by atoms with van der Waals surface area (Å²) in [7, 11) is 0. The number of carbonyl (C=O) groups is 1. The molecule has 0 saturated heterocycles. The van der Waals surface area contributed by atoms with E-state index in [4.69, 9.17) is 13.9 Å². The number of hydrogen-bond donors (Lipinski definition) is 0. The number of rotatable bonds is 4. The Kier molecular flexibility index (Phi) is 4.63. The lowest BCUT2D eigenvalue weighted by Gasteiger charge is -2.14. The molecule has 5 nitrogen and oxygen atoms in total. The quantitative estimate of drug-likeness (QED) is 0.636. The lowest BCUT2D eigenvalue weighted by atomic mass is 10.1. The fourth-order valence-electron chi connectivity index (χ4n) is 1.96. The highest BCUT2D eigenvalue weighted by Gasteiger charge is 2.34. The number of halogens is 3. The van der Waals surface area contributed by atoms with Gasteiger partial charge in [0.1, 0.15) is 11.3 Å². The Bertz CT molecular complexity index is 779. The van der Waals surface area contributed by atoms with Crippen molar-refractivity contribution in [1.82, 2.24) is 0 Å². The van der Waals surface area contributed by atoms with Gasteiger partial charge in [-0.25, -0.2) is 9.59 Å². The van der Waals surface area contributed by atoms with Crippen LogP contribution in [0.4, 0.5) is 13.2 Å². The van der Waals surface area contributed by atoms with Crippen LogP contribution >= 0.6 is 0 Å². The minimum Gasteiger partial charge on any atom is -0.479 e. The van der Waals surface area contributed by atoms with Crippen molar-refractivity contribution in [3.05, 3.63) is 40.2 Å². The summed E-state index contributed by atoms with van der Waals surface area (Å²) >= 11 is 0. The molecule has 0 aliphatic rings. The molecule has 1 atom stereocenters. The molecule has 2 aromatic rings. The van der Waals surface area contributed by atoms with Crippen molar-refractivity contribution in [3.63, 3.8) is 0 Å². The van der Waals surface area contributed by atoms with Crippen molar-refractivity contribution in [1.29, 1.82) is 0 Å². The second kappa shape index (κ2) is 6.31. The first kappa shape index (κ1) is 16.9. The first-order chi connectivity index (χ1) is 10.7. The van der Waals surface area contributed by atoms with E-state index in [0.29, 0.717) is 6.07 Å². The average molecular weight is 330 g/mol. The molecule has 1 aromatic heterocycles. The third-order valence-corrected chi connectivity index (χ3v) is 2.95. The molecule has 124 valence electrons. The Morgan fingerprint density at radius 3 is 2.61 bits per heavy atom. The number of fused-ring (bicyclic) bond motifs is 1. The smallest absolute Gasteiger partial charge is 0.417 e. The standard InChI is InChI=1S/C15H13F3O5/c1-3-21-14(20)8(2)22-9-4-5-10-11(15(16,17)18)7-13(19)23-12(10)6-9/h4-8H,3H2,1-2H3/t8-/m1/s1. The fraction of sp³-hybridized carbons (Fsp3) is 0.333. The van der Waals surface area contributed by atoms with Gasteiger partial charge in [-0.2, -0.15) is 13.2 Å². The van der Waals surface area contributed by atoms with E-state index in [-0.39, 0.29) is 23.3 Å². The number of ether oxygens (including phenoxy) is 2. The molecule has 0 saturated carbocycles. The van der Waals surface area contributed by atoms with Crippen LogP contribution in [-0.4, -0.2) is 18.7 Å². The van der Waals surface area contributed by atoms with Gasteiger partial charge < -0.3 is 13.9 Å². The van der Waals surface area contributed by atoms with E-state index in [9.17, 15) is 22.8 Å². The Hall–Kier alpha value is -2.51. The van der Waals surface area contributed by atoms with Crippen LogP contribution in [0.1, 0.15) is 19.4 Å². The Balaban J connectivity index is 2.40. The topological polar surface area (TPSA) is 65.7 Å². The highest BCUT2D eigenvalue weighted by molar-refractivity contribution is 5.82. The van der Waals surface area contributed by atoms with Crippen molar-refractivity contribution in [2.24, 2.45) is 0 Å². The van der Waals surface area contributed by atoms with Crippen molar-refractivity contribution >= 4 is 16.9 Å². The number of benzene rings is 1. The van der Waals surface area contributed by atoms with Gasteiger partial charge in [-0.05, 0) is 26.0 Å². The van der Waals surface area contributed by atoms with E-state index >= 15 is 0 Å². The molecule has 0 N–H and O–H groups in total. The molecular weight excluding hydrogens is 317 g/mol. The molecule has 0 aliphatic heterocycles. The fourth-order valence-corrected chi connectivity index (χ4v) is 1.96. The monoisotopic (exact) mass is 330 g/mol. The van der Waals surface area contributed by atoms with Crippen molar-refractivity contribution in [2.75, 3.05) is 6.61 Å². The Morgan fingerprint density at radius 2 is 2.00 bits per heavy atom. The van der Waals surface area contributed by atoms with E-state index in [1.54, 1.807) is 6.92 Å². The van der Waals surface area contributed by atoms with Gasteiger partial charge in [0.05, 0.1) is 12.2 Å². The minimum absolute atomic E-state index is 0.0838. The van der Waals surface area contributed by atoms with E-state index < -0.39 is 29.4 Å². The number of carbonyl (C=O) groups excluding carboxylic acids is 1. The molecule has 0 amide bonds. The molecule has 1 heterocycles. The molecule has 2 rings (SSSR count).